The highest BCUT2D eigenvalue weighted by Gasteiger charge is 2.34. The number of carboxylic acids is 1. The van der Waals surface area contributed by atoms with E-state index < -0.39 is 12.0 Å². The van der Waals surface area contributed by atoms with Gasteiger partial charge in [0.05, 0.1) is 5.88 Å². The Morgan fingerprint density at radius 2 is 2.17 bits per heavy atom. The number of nitrogens with two attached hydrogens (primary N) is 1. The topological polar surface area (TPSA) is 83.6 Å². The number of carboxylic acid groups (broad SMARTS) is 1. The van der Waals surface area contributed by atoms with Gasteiger partial charge in [0.25, 0.3) is 0 Å². The number of carbonyl (C=O) groups excluding carboxylic acids is 1. The van der Waals surface area contributed by atoms with E-state index in [2.05, 4.69) is 13.8 Å². The van der Waals surface area contributed by atoms with Crippen LogP contribution in [0, 0.1) is 11.8 Å². The van der Waals surface area contributed by atoms with Crippen molar-refractivity contribution in [3.8, 4) is 0 Å². The minimum Gasteiger partial charge on any atom is -0.480 e. The lowest BCUT2D eigenvalue weighted by Gasteiger charge is -2.24. The van der Waals surface area contributed by atoms with Crippen LogP contribution in [0.15, 0.2) is 0 Å². The minimum atomic E-state index is -0.915. The molecule has 3 N–H and O–H groups in total. The Labute approximate surface area is 112 Å². The lowest BCUT2D eigenvalue weighted by molar-refractivity contribution is -0.148. The zero-order valence-electron chi connectivity index (χ0n) is 11.0. The van der Waals surface area contributed by atoms with Gasteiger partial charge in [0.15, 0.2) is 0 Å². The number of rotatable bonds is 6. The Bertz CT molecular complexity index is 310. The van der Waals surface area contributed by atoms with E-state index in [4.69, 9.17) is 10.8 Å². The first-order valence-corrected chi connectivity index (χ1v) is 7.41. The van der Waals surface area contributed by atoms with Crippen LogP contribution in [-0.2, 0) is 9.59 Å². The van der Waals surface area contributed by atoms with Gasteiger partial charge in [-0.1, -0.05) is 13.8 Å². The first-order valence-electron chi connectivity index (χ1n) is 6.25. The maximum absolute atomic E-state index is 12.1. The van der Waals surface area contributed by atoms with Gasteiger partial charge in [-0.15, -0.1) is 11.8 Å². The molecule has 1 aliphatic heterocycles. The SMILES string of the molecule is CC(C)C[C@H](CN)CC(=O)N1CSCC1C(=O)O. The summed E-state index contributed by atoms with van der Waals surface area (Å²) in [4.78, 5) is 24.6. The van der Waals surface area contributed by atoms with E-state index in [1.54, 1.807) is 0 Å². The summed E-state index contributed by atoms with van der Waals surface area (Å²) < 4.78 is 0. The zero-order chi connectivity index (χ0) is 13.7. The average molecular weight is 274 g/mol. The van der Waals surface area contributed by atoms with Gasteiger partial charge < -0.3 is 15.7 Å². The summed E-state index contributed by atoms with van der Waals surface area (Å²) >= 11 is 1.49. The minimum absolute atomic E-state index is 0.0801. The van der Waals surface area contributed by atoms with Crippen molar-refractivity contribution >= 4 is 23.6 Å². The zero-order valence-corrected chi connectivity index (χ0v) is 11.8. The molecule has 18 heavy (non-hydrogen) atoms. The van der Waals surface area contributed by atoms with E-state index in [0.717, 1.165) is 6.42 Å². The van der Waals surface area contributed by atoms with Gasteiger partial charge in [0.1, 0.15) is 6.04 Å². The van der Waals surface area contributed by atoms with E-state index in [9.17, 15) is 9.59 Å². The van der Waals surface area contributed by atoms with Crippen LogP contribution < -0.4 is 5.73 Å². The summed E-state index contributed by atoms with van der Waals surface area (Å²) in [6.07, 6.45) is 1.26. The Morgan fingerprint density at radius 1 is 1.50 bits per heavy atom. The summed E-state index contributed by atoms with van der Waals surface area (Å²) in [5, 5.41) is 9.04. The molecule has 1 aliphatic rings. The molecule has 0 aromatic heterocycles. The van der Waals surface area contributed by atoms with E-state index in [0.29, 0.717) is 30.5 Å². The summed E-state index contributed by atoms with van der Waals surface area (Å²) in [6, 6.07) is -0.667. The molecule has 0 bridgehead atoms. The summed E-state index contributed by atoms with van der Waals surface area (Å²) in [5.41, 5.74) is 5.67. The molecule has 0 radical (unpaired) electrons. The largest absolute Gasteiger partial charge is 0.480 e. The second kappa shape index (κ2) is 6.99. The number of amides is 1. The van der Waals surface area contributed by atoms with Crippen LogP contribution in [0.2, 0.25) is 0 Å². The first kappa shape index (κ1) is 15.3. The monoisotopic (exact) mass is 274 g/mol. The maximum Gasteiger partial charge on any atom is 0.327 e. The molecule has 0 aromatic carbocycles. The van der Waals surface area contributed by atoms with Crippen molar-refractivity contribution in [1.82, 2.24) is 4.90 Å². The highest BCUT2D eigenvalue weighted by Crippen LogP contribution is 2.24. The van der Waals surface area contributed by atoms with E-state index >= 15 is 0 Å². The summed E-state index contributed by atoms with van der Waals surface area (Å²) in [6.45, 7) is 4.67. The van der Waals surface area contributed by atoms with Crippen LogP contribution in [0.5, 0.6) is 0 Å². The molecule has 1 rings (SSSR count). The van der Waals surface area contributed by atoms with Crippen molar-refractivity contribution in [3.63, 3.8) is 0 Å². The van der Waals surface area contributed by atoms with Gasteiger partial charge in [-0.3, -0.25) is 4.79 Å². The fourth-order valence-electron chi connectivity index (χ4n) is 2.19. The van der Waals surface area contributed by atoms with Gasteiger partial charge in [-0.2, -0.15) is 0 Å². The highest BCUT2D eigenvalue weighted by atomic mass is 32.2. The molecule has 6 heteroatoms. The van der Waals surface area contributed by atoms with Crippen molar-refractivity contribution in [2.24, 2.45) is 17.6 Å². The predicted octanol–water partition coefficient (Wildman–Crippen LogP) is 0.984. The van der Waals surface area contributed by atoms with Gasteiger partial charge in [-0.25, -0.2) is 4.79 Å². The molecule has 1 fully saturated rings. The Balaban J connectivity index is 2.55. The van der Waals surface area contributed by atoms with Gasteiger partial charge in [-0.05, 0) is 24.8 Å². The Morgan fingerprint density at radius 3 is 2.67 bits per heavy atom. The first-order chi connectivity index (χ1) is 8.45. The second-order valence-electron chi connectivity index (χ2n) is 5.15. The van der Waals surface area contributed by atoms with Crippen LogP contribution in [0.25, 0.3) is 0 Å². The Kier molecular flexibility index (Phi) is 5.95. The number of nitrogens with zero attached hydrogens (tertiary/aromatic N) is 1. The van der Waals surface area contributed by atoms with Gasteiger partial charge in [0.2, 0.25) is 5.91 Å². The molecule has 0 saturated carbocycles. The fourth-order valence-corrected chi connectivity index (χ4v) is 3.36. The number of aliphatic carboxylic acids is 1. The van der Waals surface area contributed by atoms with Gasteiger partial charge in [0, 0.05) is 12.2 Å². The van der Waals surface area contributed by atoms with Crippen molar-refractivity contribution in [3.05, 3.63) is 0 Å². The third-order valence-corrected chi connectivity index (χ3v) is 4.10. The molecule has 0 spiro atoms. The van der Waals surface area contributed by atoms with E-state index in [1.807, 2.05) is 0 Å². The number of thioether (sulfide) groups is 1. The summed E-state index contributed by atoms with van der Waals surface area (Å²) in [7, 11) is 0. The van der Waals surface area contributed by atoms with E-state index in [-0.39, 0.29) is 11.8 Å². The molecule has 1 amide bonds. The lowest BCUT2D eigenvalue weighted by Crippen LogP contribution is -2.42. The summed E-state index contributed by atoms with van der Waals surface area (Å²) in [5.74, 6) is 0.616. The Hall–Kier alpha value is -0.750. The smallest absolute Gasteiger partial charge is 0.327 e. The molecule has 1 heterocycles. The second-order valence-corrected chi connectivity index (χ2v) is 6.15. The molecular weight excluding hydrogens is 252 g/mol. The van der Waals surface area contributed by atoms with Crippen LogP contribution in [-0.4, -0.2) is 46.1 Å². The molecule has 1 saturated heterocycles. The van der Waals surface area contributed by atoms with Crippen molar-refractivity contribution < 1.29 is 14.7 Å². The highest BCUT2D eigenvalue weighted by molar-refractivity contribution is 7.99. The normalized spacial score (nSPS) is 21.3. The quantitative estimate of drug-likeness (QED) is 0.754. The fraction of sp³-hybridized carbons (Fsp3) is 0.833. The predicted molar refractivity (Wildman–Crippen MR) is 72.2 cm³/mol. The number of hydrogen-bond acceptors (Lipinski definition) is 4. The third kappa shape index (κ3) is 4.17. The van der Waals surface area contributed by atoms with Crippen molar-refractivity contribution in [2.45, 2.75) is 32.7 Å². The lowest BCUT2D eigenvalue weighted by atomic mass is 9.93. The molecule has 0 aliphatic carbocycles. The number of carbonyl (C=O) groups is 2. The maximum atomic E-state index is 12.1. The van der Waals surface area contributed by atoms with Gasteiger partial charge >= 0.3 is 5.97 Å². The number of hydrogen-bond donors (Lipinski definition) is 2. The van der Waals surface area contributed by atoms with E-state index in [1.165, 1.54) is 16.7 Å². The molecule has 104 valence electrons. The molecule has 5 nitrogen and oxygen atoms in total. The van der Waals surface area contributed by atoms with Crippen LogP contribution in [0.1, 0.15) is 26.7 Å². The van der Waals surface area contributed by atoms with Crippen molar-refractivity contribution in [2.75, 3.05) is 18.2 Å². The van der Waals surface area contributed by atoms with Crippen molar-refractivity contribution in [1.29, 1.82) is 0 Å². The third-order valence-electron chi connectivity index (χ3n) is 3.09. The van der Waals surface area contributed by atoms with Crippen LogP contribution >= 0.6 is 11.8 Å². The molecule has 0 aromatic rings. The van der Waals surface area contributed by atoms with Crippen LogP contribution in [0.3, 0.4) is 0 Å². The molecule has 2 atom stereocenters. The molecular formula is C12H22N2O3S. The average Bonchev–Trinajstić information content (AvgIpc) is 2.76. The molecule has 1 unspecified atom stereocenters. The van der Waals surface area contributed by atoms with Crippen LogP contribution in [0.4, 0.5) is 0 Å². The standard InChI is InChI=1S/C12H22N2O3S/c1-8(2)3-9(5-13)4-11(15)14-7-18-6-10(14)12(16)17/h8-10H,3-7,13H2,1-2H3,(H,16,17)/t9-,10?/m0/s1.